The number of fused-ring (bicyclic) bond motifs is 1. The largest absolute Gasteiger partial charge is 0.334 e. The van der Waals surface area contributed by atoms with Crippen LogP contribution in [0.1, 0.15) is 0 Å². The lowest BCUT2D eigenvalue weighted by Gasteiger charge is -2.19. The van der Waals surface area contributed by atoms with E-state index in [1.54, 1.807) is 6.34 Å². The second kappa shape index (κ2) is 2.99. The van der Waals surface area contributed by atoms with Gasteiger partial charge in [-0.3, -0.25) is 0 Å². The first-order valence-corrected chi connectivity index (χ1v) is 4.65. The summed E-state index contributed by atoms with van der Waals surface area (Å²) in [6, 6.07) is 5.81. The Bertz CT molecular complexity index is 338. The van der Waals surface area contributed by atoms with Crippen molar-refractivity contribution in [2.75, 3.05) is 11.9 Å². The minimum absolute atomic E-state index is 0.756. The Labute approximate surface area is 80.4 Å². The molecule has 0 radical (unpaired) electrons. The summed E-state index contributed by atoms with van der Waals surface area (Å²) in [5.41, 5.74) is 1.15. The predicted octanol–water partition coefficient (Wildman–Crippen LogP) is 2.83. The van der Waals surface area contributed by atoms with Gasteiger partial charge in [-0.1, -0.05) is 11.6 Å². The van der Waals surface area contributed by atoms with Crippen LogP contribution in [-0.4, -0.2) is 13.4 Å². The lowest BCUT2D eigenvalue weighted by molar-refractivity contribution is 1.22. The van der Waals surface area contributed by atoms with Gasteiger partial charge in [0.15, 0.2) is 0 Å². The third kappa shape index (κ3) is 1.30. The first kappa shape index (κ1) is 7.95. The fourth-order valence-electron chi connectivity index (χ4n) is 1.07. The van der Waals surface area contributed by atoms with E-state index in [-0.39, 0.29) is 0 Å². The molecule has 1 aromatic carbocycles. The zero-order valence-corrected chi connectivity index (χ0v) is 8.06. The van der Waals surface area contributed by atoms with Gasteiger partial charge in [0, 0.05) is 24.0 Å². The van der Waals surface area contributed by atoms with E-state index in [0.29, 0.717) is 0 Å². The average molecular weight is 199 g/mol. The second-order valence-corrected chi connectivity index (χ2v) is 3.80. The molecule has 0 saturated carbocycles. The maximum Gasteiger partial charge on any atom is 0.104 e. The first-order valence-electron chi connectivity index (χ1n) is 3.50. The molecule has 0 amide bonds. The molecule has 12 heavy (non-hydrogen) atoms. The van der Waals surface area contributed by atoms with Crippen molar-refractivity contribution in [1.82, 2.24) is 0 Å². The number of anilines is 1. The van der Waals surface area contributed by atoms with E-state index in [0.717, 1.165) is 15.6 Å². The van der Waals surface area contributed by atoms with Gasteiger partial charge in [0.05, 0.1) is 10.6 Å². The topological polar surface area (TPSA) is 15.6 Å². The summed E-state index contributed by atoms with van der Waals surface area (Å²) < 4.78 is 4.10. The number of benzene rings is 1. The van der Waals surface area contributed by atoms with Crippen molar-refractivity contribution >= 4 is 35.6 Å². The van der Waals surface area contributed by atoms with Gasteiger partial charge in [0.2, 0.25) is 0 Å². The standard InChI is InChI=1S/C8H7ClN2S/c1-11-5-10-12-8-4-6(9)2-3-7(8)11/h2-5H,1H3. The van der Waals surface area contributed by atoms with E-state index in [9.17, 15) is 0 Å². The van der Waals surface area contributed by atoms with Gasteiger partial charge < -0.3 is 4.90 Å². The fraction of sp³-hybridized carbons (Fsp3) is 0.125. The third-order valence-electron chi connectivity index (χ3n) is 1.67. The van der Waals surface area contributed by atoms with E-state index in [2.05, 4.69) is 4.40 Å². The van der Waals surface area contributed by atoms with Gasteiger partial charge in [0.1, 0.15) is 6.34 Å². The predicted molar refractivity (Wildman–Crippen MR) is 54.2 cm³/mol. The molecule has 1 heterocycles. The van der Waals surface area contributed by atoms with Crippen LogP contribution in [0.4, 0.5) is 5.69 Å². The highest BCUT2D eigenvalue weighted by Crippen LogP contribution is 2.34. The van der Waals surface area contributed by atoms with Crippen molar-refractivity contribution in [3.8, 4) is 0 Å². The van der Waals surface area contributed by atoms with Gasteiger partial charge in [-0.25, -0.2) is 4.40 Å². The van der Waals surface area contributed by atoms with Gasteiger partial charge in [-0.05, 0) is 18.2 Å². The van der Waals surface area contributed by atoms with E-state index >= 15 is 0 Å². The van der Waals surface area contributed by atoms with Crippen molar-refractivity contribution in [3.63, 3.8) is 0 Å². The summed E-state index contributed by atoms with van der Waals surface area (Å²) >= 11 is 7.29. The summed E-state index contributed by atoms with van der Waals surface area (Å²) in [5.74, 6) is 0. The SMILES string of the molecule is CN1C=NSc2cc(Cl)ccc21. The maximum atomic E-state index is 5.84. The van der Waals surface area contributed by atoms with Gasteiger partial charge in [-0.15, -0.1) is 0 Å². The molecule has 1 aliphatic heterocycles. The van der Waals surface area contributed by atoms with Crippen LogP contribution in [0.5, 0.6) is 0 Å². The Morgan fingerprint density at radius 1 is 1.50 bits per heavy atom. The highest BCUT2D eigenvalue weighted by Gasteiger charge is 2.10. The molecule has 1 aliphatic rings. The van der Waals surface area contributed by atoms with Crippen LogP contribution >= 0.6 is 23.5 Å². The van der Waals surface area contributed by atoms with Crippen molar-refractivity contribution in [1.29, 1.82) is 0 Å². The molecule has 4 heteroatoms. The number of halogens is 1. The van der Waals surface area contributed by atoms with Crippen LogP contribution in [0.2, 0.25) is 5.02 Å². The molecule has 0 N–H and O–H groups in total. The van der Waals surface area contributed by atoms with E-state index in [4.69, 9.17) is 11.6 Å². The lowest BCUT2D eigenvalue weighted by Crippen LogP contribution is -2.16. The van der Waals surface area contributed by atoms with Crippen LogP contribution in [-0.2, 0) is 0 Å². The summed E-state index contributed by atoms with van der Waals surface area (Å²) in [6.45, 7) is 0. The lowest BCUT2D eigenvalue weighted by atomic mass is 10.3. The molecule has 0 saturated heterocycles. The van der Waals surface area contributed by atoms with E-state index in [1.807, 2.05) is 30.1 Å². The smallest absolute Gasteiger partial charge is 0.104 e. The Kier molecular flexibility index (Phi) is 1.98. The minimum atomic E-state index is 0.756. The van der Waals surface area contributed by atoms with Crippen LogP contribution in [0.3, 0.4) is 0 Å². The summed E-state index contributed by atoms with van der Waals surface area (Å²) in [4.78, 5) is 3.08. The molecule has 2 rings (SSSR count). The maximum absolute atomic E-state index is 5.84. The van der Waals surface area contributed by atoms with Crippen molar-refractivity contribution in [2.45, 2.75) is 4.90 Å². The highest BCUT2D eigenvalue weighted by molar-refractivity contribution is 7.98. The number of hydrogen-bond acceptors (Lipinski definition) is 3. The number of nitrogens with zero attached hydrogens (tertiary/aromatic N) is 2. The van der Waals surface area contributed by atoms with Crippen molar-refractivity contribution in [3.05, 3.63) is 23.2 Å². The Hall–Kier alpha value is -0.670. The highest BCUT2D eigenvalue weighted by atomic mass is 35.5. The Balaban J connectivity index is 2.51. The quantitative estimate of drug-likeness (QED) is 0.596. The summed E-state index contributed by atoms with van der Waals surface area (Å²) in [6.07, 6.45) is 1.79. The number of hydrogen-bond donors (Lipinski definition) is 0. The fourth-order valence-corrected chi connectivity index (χ4v) is 2.09. The molecule has 0 atom stereocenters. The van der Waals surface area contributed by atoms with Crippen LogP contribution in [0.25, 0.3) is 0 Å². The zero-order valence-electron chi connectivity index (χ0n) is 6.49. The average Bonchev–Trinajstić information content (AvgIpc) is 2.04. The van der Waals surface area contributed by atoms with Crippen LogP contribution in [0.15, 0.2) is 27.5 Å². The van der Waals surface area contributed by atoms with Crippen LogP contribution in [0, 0.1) is 0 Å². The van der Waals surface area contributed by atoms with E-state index < -0.39 is 0 Å². The van der Waals surface area contributed by atoms with Crippen LogP contribution < -0.4 is 4.90 Å². The Morgan fingerprint density at radius 3 is 3.17 bits per heavy atom. The van der Waals surface area contributed by atoms with Gasteiger partial charge in [-0.2, -0.15) is 0 Å². The molecule has 1 aromatic rings. The molecule has 0 bridgehead atoms. The minimum Gasteiger partial charge on any atom is -0.334 e. The van der Waals surface area contributed by atoms with Crippen molar-refractivity contribution in [2.24, 2.45) is 4.40 Å². The zero-order chi connectivity index (χ0) is 8.55. The molecular formula is C8H7ClN2S. The van der Waals surface area contributed by atoms with E-state index in [1.165, 1.54) is 11.9 Å². The Morgan fingerprint density at radius 2 is 2.33 bits per heavy atom. The summed E-state index contributed by atoms with van der Waals surface area (Å²) in [5, 5.41) is 0.756. The molecule has 62 valence electrons. The molecule has 0 aliphatic carbocycles. The second-order valence-electron chi connectivity index (χ2n) is 2.54. The van der Waals surface area contributed by atoms with Crippen molar-refractivity contribution < 1.29 is 0 Å². The number of rotatable bonds is 0. The first-order chi connectivity index (χ1) is 5.77. The normalized spacial score (nSPS) is 14.7. The molecule has 0 fully saturated rings. The third-order valence-corrected chi connectivity index (χ3v) is 2.63. The summed E-state index contributed by atoms with van der Waals surface area (Å²) in [7, 11) is 1.97. The van der Waals surface area contributed by atoms with Gasteiger partial charge >= 0.3 is 0 Å². The molecule has 0 aromatic heterocycles. The molecular weight excluding hydrogens is 192 g/mol. The molecule has 2 nitrogen and oxygen atoms in total. The van der Waals surface area contributed by atoms with Gasteiger partial charge in [0.25, 0.3) is 0 Å². The molecule has 0 unspecified atom stereocenters. The molecule has 0 spiro atoms. The monoisotopic (exact) mass is 198 g/mol.